The van der Waals surface area contributed by atoms with E-state index in [1.165, 1.54) is 11.2 Å². The molecule has 1 aliphatic heterocycles. The molecule has 0 aliphatic carbocycles. The van der Waals surface area contributed by atoms with Gasteiger partial charge in [-0.1, -0.05) is 0 Å². The van der Waals surface area contributed by atoms with Gasteiger partial charge in [0.15, 0.2) is 0 Å². The van der Waals surface area contributed by atoms with Gasteiger partial charge in [-0.25, -0.2) is 18.7 Å². The van der Waals surface area contributed by atoms with Gasteiger partial charge in [0.1, 0.15) is 23.8 Å². The van der Waals surface area contributed by atoms with Crippen LogP contribution in [0.3, 0.4) is 0 Å². The van der Waals surface area contributed by atoms with Gasteiger partial charge in [0.2, 0.25) is 5.91 Å². The highest BCUT2D eigenvalue weighted by Crippen LogP contribution is 2.17. The number of aromatic nitrogens is 2. The van der Waals surface area contributed by atoms with Crippen molar-refractivity contribution < 1.29 is 13.6 Å². The zero-order valence-electron chi connectivity index (χ0n) is 11.7. The van der Waals surface area contributed by atoms with Gasteiger partial charge >= 0.3 is 0 Å². The van der Waals surface area contributed by atoms with Crippen molar-refractivity contribution in [2.24, 2.45) is 0 Å². The SMILES string of the molecule is O=C1CN(c2ccncn2)CCN1Cc1cc(F)ccc1F. The number of hydrogen-bond donors (Lipinski definition) is 0. The quantitative estimate of drug-likeness (QED) is 0.864. The molecule has 0 atom stereocenters. The summed E-state index contributed by atoms with van der Waals surface area (Å²) >= 11 is 0. The van der Waals surface area contributed by atoms with Crippen LogP contribution in [-0.2, 0) is 11.3 Å². The van der Waals surface area contributed by atoms with Crippen LogP contribution in [0.4, 0.5) is 14.6 Å². The monoisotopic (exact) mass is 304 g/mol. The highest BCUT2D eigenvalue weighted by Gasteiger charge is 2.25. The molecule has 0 spiro atoms. The standard InChI is InChI=1S/C15H14F2N4O/c16-12-1-2-13(17)11(7-12)8-21-6-5-20(9-15(21)22)14-3-4-18-10-19-14/h1-4,7,10H,5-6,8-9H2. The van der Waals surface area contributed by atoms with E-state index in [2.05, 4.69) is 9.97 Å². The number of carbonyl (C=O) groups excluding carboxylic acids is 1. The van der Waals surface area contributed by atoms with Crippen LogP contribution >= 0.6 is 0 Å². The molecule has 5 nitrogen and oxygen atoms in total. The third-order valence-electron chi connectivity index (χ3n) is 3.58. The van der Waals surface area contributed by atoms with E-state index < -0.39 is 11.6 Å². The van der Waals surface area contributed by atoms with E-state index in [1.807, 2.05) is 4.90 Å². The Bertz CT molecular complexity index is 680. The van der Waals surface area contributed by atoms with Gasteiger partial charge in [0, 0.05) is 31.4 Å². The van der Waals surface area contributed by atoms with Crippen molar-refractivity contribution >= 4 is 11.7 Å². The molecule has 1 aliphatic rings. The Morgan fingerprint density at radius 1 is 1.18 bits per heavy atom. The lowest BCUT2D eigenvalue weighted by Crippen LogP contribution is -2.50. The first-order valence-electron chi connectivity index (χ1n) is 6.86. The lowest BCUT2D eigenvalue weighted by Gasteiger charge is -2.35. The minimum Gasteiger partial charge on any atom is -0.345 e. The summed E-state index contributed by atoms with van der Waals surface area (Å²) in [5, 5.41) is 0. The molecule has 0 unspecified atom stereocenters. The van der Waals surface area contributed by atoms with E-state index in [0.717, 1.165) is 18.2 Å². The Morgan fingerprint density at radius 2 is 2.05 bits per heavy atom. The molecule has 114 valence electrons. The zero-order valence-corrected chi connectivity index (χ0v) is 11.7. The molecule has 1 aromatic carbocycles. The number of amides is 1. The zero-order chi connectivity index (χ0) is 15.5. The highest BCUT2D eigenvalue weighted by molar-refractivity contribution is 5.82. The van der Waals surface area contributed by atoms with E-state index >= 15 is 0 Å². The van der Waals surface area contributed by atoms with Crippen molar-refractivity contribution in [2.45, 2.75) is 6.54 Å². The summed E-state index contributed by atoms with van der Waals surface area (Å²) in [5.74, 6) is -0.482. The predicted molar refractivity (Wildman–Crippen MR) is 76.0 cm³/mol. The summed E-state index contributed by atoms with van der Waals surface area (Å²) in [7, 11) is 0. The molecular formula is C15H14F2N4O. The van der Waals surface area contributed by atoms with Gasteiger partial charge in [-0.3, -0.25) is 4.79 Å². The molecule has 22 heavy (non-hydrogen) atoms. The topological polar surface area (TPSA) is 49.3 Å². The third-order valence-corrected chi connectivity index (χ3v) is 3.58. The summed E-state index contributed by atoms with van der Waals surface area (Å²) in [4.78, 5) is 23.5. The van der Waals surface area contributed by atoms with Crippen molar-refractivity contribution in [3.8, 4) is 0 Å². The van der Waals surface area contributed by atoms with Gasteiger partial charge < -0.3 is 9.80 Å². The van der Waals surface area contributed by atoms with Gasteiger partial charge in [-0.05, 0) is 24.3 Å². The van der Waals surface area contributed by atoms with Crippen LogP contribution in [0.2, 0.25) is 0 Å². The number of benzene rings is 1. The molecule has 3 rings (SSSR count). The summed E-state index contributed by atoms with van der Waals surface area (Å²) in [6, 6.07) is 4.99. The van der Waals surface area contributed by atoms with Crippen molar-refractivity contribution in [3.05, 3.63) is 54.0 Å². The largest absolute Gasteiger partial charge is 0.345 e. The predicted octanol–water partition coefficient (Wildman–Crippen LogP) is 1.60. The first-order valence-corrected chi connectivity index (χ1v) is 6.86. The van der Waals surface area contributed by atoms with E-state index in [4.69, 9.17) is 0 Å². The van der Waals surface area contributed by atoms with Gasteiger partial charge in [-0.2, -0.15) is 0 Å². The molecule has 7 heteroatoms. The maximum absolute atomic E-state index is 13.7. The van der Waals surface area contributed by atoms with E-state index in [9.17, 15) is 13.6 Å². The molecule has 1 saturated heterocycles. The second-order valence-corrected chi connectivity index (χ2v) is 5.04. The average Bonchev–Trinajstić information content (AvgIpc) is 2.53. The molecule has 2 aromatic rings. The van der Waals surface area contributed by atoms with Crippen LogP contribution in [0.5, 0.6) is 0 Å². The van der Waals surface area contributed by atoms with Crippen molar-refractivity contribution in [3.63, 3.8) is 0 Å². The normalized spacial score (nSPS) is 15.3. The molecule has 2 heterocycles. The lowest BCUT2D eigenvalue weighted by atomic mass is 10.1. The first-order chi connectivity index (χ1) is 10.6. The number of anilines is 1. The Labute approximate surface area is 126 Å². The van der Waals surface area contributed by atoms with E-state index in [0.29, 0.717) is 18.9 Å². The molecule has 0 radical (unpaired) electrons. The third kappa shape index (κ3) is 3.03. The number of nitrogens with zero attached hydrogens (tertiary/aromatic N) is 4. The molecule has 1 amide bonds. The van der Waals surface area contributed by atoms with Crippen LogP contribution in [0.1, 0.15) is 5.56 Å². The summed E-state index contributed by atoms with van der Waals surface area (Å²) in [6.45, 7) is 1.24. The Hall–Kier alpha value is -2.57. The minimum absolute atomic E-state index is 0.0695. The van der Waals surface area contributed by atoms with Crippen molar-refractivity contribution in [1.82, 2.24) is 14.9 Å². The van der Waals surface area contributed by atoms with Gasteiger partial charge in [0.25, 0.3) is 0 Å². The minimum atomic E-state index is -0.511. The second-order valence-electron chi connectivity index (χ2n) is 5.04. The average molecular weight is 304 g/mol. The van der Waals surface area contributed by atoms with Crippen LogP contribution in [-0.4, -0.2) is 40.4 Å². The Kier molecular flexibility index (Phi) is 3.95. The van der Waals surface area contributed by atoms with Crippen LogP contribution in [0.15, 0.2) is 36.8 Å². The smallest absolute Gasteiger partial charge is 0.242 e. The highest BCUT2D eigenvalue weighted by atomic mass is 19.1. The lowest BCUT2D eigenvalue weighted by molar-refractivity contribution is -0.131. The molecule has 0 N–H and O–H groups in total. The fourth-order valence-corrected chi connectivity index (χ4v) is 2.41. The maximum Gasteiger partial charge on any atom is 0.242 e. The van der Waals surface area contributed by atoms with Crippen LogP contribution < -0.4 is 4.90 Å². The van der Waals surface area contributed by atoms with Crippen LogP contribution in [0.25, 0.3) is 0 Å². The van der Waals surface area contributed by atoms with E-state index in [-0.39, 0.29) is 24.6 Å². The summed E-state index contributed by atoms with van der Waals surface area (Å²) in [5.41, 5.74) is 0.184. The van der Waals surface area contributed by atoms with E-state index in [1.54, 1.807) is 12.3 Å². The number of hydrogen-bond acceptors (Lipinski definition) is 4. The Balaban J connectivity index is 1.68. The Morgan fingerprint density at radius 3 is 2.77 bits per heavy atom. The summed E-state index contributed by atoms with van der Waals surface area (Å²) in [6.07, 6.45) is 3.04. The summed E-state index contributed by atoms with van der Waals surface area (Å²) < 4.78 is 26.9. The number of halogens is 2. The molecule has 0 saturated carbocycles. The second kappa shape index (κ2) is 6.05. The fraction of sp³-hybridized carbons (Fsp3) is 0.267. The number of carbonyl (C=O) groups is 1. The molecule has 1 fully saturated rings. The number of rotatable bonds is 3. The maximum atomic E-state index is 13.7. The fourth-order valence-electron chi connectivity index (χ4n) is 2.41. The molecule has 0 bridgehead atoms. The molecular weight excluding hydrogens is 290 g/mol. The van der Waals surface area contributed by atoms with Crippen molar-refractivity contribution in [1.29, 1.82) is 0 Å². The number of piperazine rings is 1. The van der Waals surface area contributed by atoms with Gasteiger partial charge in [0.05, 0.1) is 6.54 Å². The van der Waals surface area contributed by atoms with Gasteiger partial charge in [-0.15, -0.1) is 0 Å². The van der Waals surface area contributed by atoms with Crippen molar-refractivity contribution in [2.75, 3.05) is 24.5 Å². The first kappa shape index (κ1) is 14.4. The van der Waals surface area contributed by atoms with Crippen LogP contribution in [0, 0.1) is 11.6 Å². The molecule has 1 aromatic heterocycles.